The summed E-state index contributed by atoms with van der Waals surface area (Å²) in [6, 6.07) is 1.10. The van der Waals surface area contributed by atoms with E-state index >= 15 is 0 Å². The van der Waals surface area contributed by atoms with Crippen LogP contribution in [0.3, 0.4) is 0 Å². The molecule has 0 saturated carbocycles. The van der Waals surface area contributed by atoms with Gasteiger partial charge in [0.2, 0.25) is 5.91 Å². The Morgan fingerprint density at radius 2 is 2.05 bits per heavy atom. The molecule has 6 nitrogen and oxygen atoms in total. The Hall–Kier alpha value is -1.43. The minimum absolute atomic E-state index is 0.000880. The van der Waals surface area contributed by atoms with Gasteiger partial charge in [-0.25, -0.2) is 5.43 Å². The molecule has 0 aromatic heterocycles. The highest BCUT2D eigenvalue weighted by Gasteiger charge is 2.37. The van der Waals surface area contributed by atoms with Gasteiger partial charge in [-0.05, 0) is 26.3 Å². The fraction of sp³-hybridized carbons (Fsp3) is 0.769. The fourth-order valence-electron chi connectivity index (χ4n) is 3.30. The average molecular weight is 264 g/mol. The standard InChI is InChI=1S/C13H20N4O2/c1-16-9-2-3-10(16)8-17(7-6-9)13(19)11-4-5-12(18)15-14-11/h9-10H,2-8H2,1H3,(H,15,18). The van der Waals surface area contributed by atoms with E-state index in [9.17, 15) is 9.59 Å². The molecule has 0 aromatic rings. The zero-order valence-corrected chi connectivity index (χ0v) is 11.3. The summed E-state index contributed by atoms with van der Waals surface area (Å²) in [6.45, 7) is 1.59. The quantitative estimate of drug-likeness (QED) is 0.722. The molecule has 0 aromatic carbocycles. The molecule has 0 spiro atoms. The van der Waals surface area contributed by atoms with Gasteiger partial charge in [-0.3, -0.25) is 14.5 Å². The highest BCUT2D eigenvalue weighted by Crippen LogP contribution is 2.28. The fourth-order valence-corrected chi connectivity index (χ4v) is 3.30. The minimum atomic E-state index is -0.105. The van der Waals surface area contributed by atoms with Crippen LogP contribution in [0.4, 0.5) is 0 Å². The Morgan fingerprint density at radius 1 is 1.26 bits per heavy atom. The zero-order chi connectivity index (χ0) is 13.4. The molecule has 1 N–H and O–H groups in total. The molecule has 2 amide bonds. The van der Waals surface area contributed by atoms with E-state index in [0.717, 1.165) is 19.5 Å². The Labute approximate surface area is 112 Å². The van der Waals surface area contributed by atoms with Crippen molar-refractivity contribution >= 4 is 17.5 Å². The van der Waals surface area contributed by atoms with Crippen LogP contribution in [0.1, 0.15) is 32.1 Å². The molecule has 3 aliphatic rings. The van der Waals surface area contributed by atoms with E-state index in [-0.39, 0.29) is 11.8 Å². The van der Waals surface area contributed by atoms with Crippen LogP contribution in [0, 0.1) is 0 Å². The molecule has 2 unspecified atom stereocenters. The van der Waals surface area contributed by atoms with Crippen molar-refractivity contribution in [1.82, 2.24) is 15.2 Å². The number of carbonyl (C=O) groups excluding carboxylic acids is 2. The van der Waals surface area contributed by atoms with Crippen molar-refractivity contribution in [1.29, 1.82) is 0 Å². The van der Waals surface area contributed by atoms with Gasteiger partial charge in [0.1, 0.15) is 5.71 Å². The number of carbonyl (C=O) groups is 2. The van der Waals surface area contributed by atoms with Gasteiger partial charge >= 0.3 is 0 Å². The van der Waals surface area contributed by atoms with Gasteiger partial charge in [-0.15, -0.1) is 0 Å². The van der Waals surface area contributed by atoms with Gasteiger partial charge in [0.05, 0.1) is 0 Å². The highest BCUT2D eigenvalue weighted by molar-refractivity contribution is 6.39. The van der Waals surface area contributed by atoms with E-state index < -0.39 is 0 Å². The van der Waals surface area contributed by atoms with Crippen molar-refractivity contribution in [2.24, 2.45) is 5.10 Å². The summed E-state index contributed by atoms with van der Waals surface area (Å²) < 4.78 is 0. The van der Waals surface area contributed by atoms with Crippen molar-refractivity contribution in [2.45, 2.75) is 44.2 Å². The second-order valence-electron chi connectivity index (χ2n) is 5.68. The molecule has 6 heteroatoms. The number of hydrazone groups is 1. The highest BCUT2D eigenvalue weighted by atomic mass is 16.2. The number of amides is 2. The molecule has 104 valence electrons. The Bertz CT molecular complexity index is 434. The topological polar surface area (TPSA) is 65.0 Å². The summed E-state index contributed by atoms with van der Waals surface area (Å²) in [5.41, 5.74) is 2.90. The van der Waals surface area contributed by atoms with Gasteiger partial charge in [0.15, 0.2) is 0 Å². The average Bonchev–Trinajstić information content (AvgIpc) is 2.63. The molecule has 2 bridgehead atoms. The number of hydrogen-bond acceptors (Lipinski definition) is 4. The second kappa shape index (κ2) is 4.92. The molecular weight excluding hydrogens is 244 g/mol. The van der Waals surface area contributed by atoms with Crippen molar-refractivity contribution in [3.8, 4) is 0 Å². The van der Waals surface area contributed by atoms with Crippen molar-refractivity contribution in [2.75, 3.05) is 20.1 Å². The molecule has 0 aliphatic carbocycles. The lowest BCUT2D eigenvalue weighted by Gasteiger charge is -2.26. The molecule has 2 saturated heterocycles. The predicted octanol–water partition coefficient (Wildman–Crippen LogP) is -0.0525. The van der Waals surface area contributed by atoms with E-state index in [2.05, 4.69) is 22.5 Å². The number of rotatable bonds is 1. The first-order valence-corrected chi connectivity index (χ1v) is 7.02. The maximum atomic E-state index is 12.4. The van der Waals surface area contributed by atoms with Crippen LogP contribution in [-0.4, -0.2) is 59.5 Å². The number of nitrogens with one attached hydrogen (secondary N) is 1. The van der Waals surface area contributed by atoms with Gasteiger partial charge < -0.3 is 4.90 Å². The SMILES string of the molecule is CN1C2CCC1CN(C(=O)C1=NNC(=O)CC1)CC2. The number of hydrogen-bond donors (Lipinski definition) is 1. The first-order valence-electron chi connectivity index (χ1n) is 7.02. The van der Waals surface area contributed by atoms with Gasteiger partial charge in [-0.1, -0.05) is 0 Å². The van der Waals surface area contributed by atoms with Crippen LogP contribution in [0.2, 0.25) is 0 Å². The first-order chi connectivity index (χ1) is 9.15. The summed E-state index contributed by atoms with van der Waals surface area (Å²) in [7, 11) is 2.16. The van der Waals surface area contributed by atoms with E-state index in [1.165, 1.54) is 12.8 Å². The molecule has 3 aliphatic heterocycles. The zero-order valence-electron chi connectivity index (χ0n) is 11.3. The predicted molar refractivity (Wildman–Crippen MR) is 70.6 cm³/mol. The van der Waals surface area contributed by atoms with Crippen LogP contribution in [0.15, 0.2) is 5.10 Å². The third-order valence-electron chi connectivity index (χ3n) is 4.59. The normalized spacial score (nSPS) is 31.7. The molecule has 2 atom stereocenters. The third kappa shape index (κ3) is 2.36. The van der Waals surface area contributed by atoms with E-state index in [4.69, 9.17) is 0 Å². The Morgan fingerprint density at radius 3 is 2.79 bits per heavy atom. The van der Waals surface area contributed by atoms with Crippen LogP contribution < -0.4 is 5.43 Å². The smallest absolute Gasteiger partial charge is 0.270 e. The number of fused-ring (bicyclic) bond motifs is 2. The summed E-state index contributed by atoms with van der Waals surface area (Å²) in [6.07, 6.45) is 4.29. The first kappa shape index (κ1) is 12.6. The van der Waals surface area contributed by atoms with E-state index in [0.29, 0.717) is 30.6 Å². The van der Waals surface area contributed by atoms with Crippen LogP contribution >= 0.6 is 0 Å². The van der Waals surface area contributed by atoms with Crippen LogP contribution in [0.5, 0.6) is 0 Å². The van der Waals surface area contributed by atoms with E-state index in [1.807, 2.05) is 4.90 Å². The van der Waals surface area contributed by atoms with Crippen molar-refractivity contribution in [3.63, 3.8) is 0 Å². The summed E-state index contributed by atoms with van der Waals surface area (Å²) >= 11 is 0. The lowest BCUT2D eigenvalue weighted by molar-refractivity contribution is -0.125. The Kier molecular flexibility index (Phi) is 3.26. The van der Waals surface area contributed by atoms with Crippen LogP contribution in [-0.2, 0) is 9.59 Å². The molecular formula is C13H20N4O2. The lowest BCUT2D eigenvalue weighted by Crippen LogP contribution is -2.44. The number of nitrogens with zero attached hydrogens (tertiary/aromatic N) is 3. The van der Waals surface area contributed by atoms with Crippen molar-refractivity contribution < 1.29 is 9.59 Å². The largest absolute Gasteiger partial charge is 0.336 e. The van der Waals surface area contributed by atoms with Crippen molar-refractivity contribution in [3.05, 3.63) is 0 Å². The molecule has 0 radical (unpaired) electrons. The van der Waals surface area contributed by atoms with Crippen LogP contribution in [0.25, 0.3) is 0 Å². The third-order valence-corrected chi connectivity index (χ3v) is 4.59. The monoisotopic (exact) mass is 264 g/mol. The van der Waals surface area contributed by atoms with Gasteiger partial charge in [-0.2, -0.15) is 5.10 Å². The van der Waals surface area contributed by atoms with Gasteiger partial charge in [0.25, 0.3) is 5.91 Å². The summed E-state index contributed by atoms with van der Waals surface area (Å²) in [4.78, 5) is 27.8. The molecule has 3 rings (SSSR count). The second-order valence-corrected chi connectivity index (χ2v) is 5.68. The minimum Gasteiger partial charge on any atom is -0.336 e. The maximum Gasteiger partial charge on any atom is 0.270 e. The summed E-state index contributed by atoms with van der Waals surface area (Å²) in [5.74, 6) is -0.104. The van der Waals surface area contributed by atoms with E-state index in [1.54, 1.807) is 0 Å². The lowest BCUT2D eigenvalue weighted by atomic mass is 10.1. The maximum absolute atomic E-state index is 12.4. The Balaban J connectivity index is 1.69. The van der Waals surface area contributed by atoms with Gasteiger partial charge in [0, 0.05) is 38.0 Å². The number of likely N-dealkylation sites (tertiary alicyclic amines) is 1. The summed E-state index contributed by atoms with van der Waals surface area (Å²) in [5, 5.41) is 3.91. The molecule has 19 heavy (non-hydrogen) atoms. The number of likely N-dealkylation sites (N-methyl/N-ethyl adjacent to an activating group) is 1. The molecule has 3 heterocycles. The molecule has 2 fully saturated rings.